The van der Waals surface area contributed by atoms with Crippen molar-refractivity contribution < 1.29 is 5.11 Å². The van der Waals surface area contributed by atoms with Gasteiger partial charge >= 0.3 is 0 Å². The van der Waals surface area contributed by atoms with E-state index in [-0.39, 0.29) is 11.6 Å². The summed E-state index contributed by atoms with van der Waals surface area (Å²) in [6.07, 6.45) is 9.27. The summed E-state index contributed by atoms with van der Waals surface area (Å²) in [6, 6.07) is 2.47. The zero-order valence-electron chi connectivity index (χ0n) is 14.1. The molecule has 0 aromatic carbocycles. The van der Waals surface area contributed by atoms with Gasteiger partial charge in [-0.2, -0.15) is 0 Å². The SMILES string of the molecule is CC(N)c1cnc2[nH]ccc2c1NC1C2CC3CC1CC(O)(C3)C2. The Kier molecular flexibility index (Phi) is 3.04. The predicted octanol–water partition coefficient (Wildman–Crippen LogP) is 2.93. The highest BCUT2D eigenvalue weighted by molar-refractivity contribution is 5.91. The van der Waals surface area contributed by atoms with Crippen LogP contribution in [0.2, 0.25) is 0 Å². The van der Waals surface area contributed by atoms with E-state index in [0.717, 1.165) is 47.5 Å². The van der Waals surface area contributed by atoms with E-state index >= 15 is 0 Å². The third kappa shape index (κ3) is 2.11. The molecule has 24 heavy (non-hydrogen) atoms. The molecule has 3 atom stereocenters. The van der Waals surface area contributed by atoms with Gasteiger partial charge in [0.15, 0.2) is 0 Å². The van der Waals surface area contributed by atoms with Crippen molar-refractivity contribution in [2.75, 3.05) is 5.32 Å². The molecule has 4 aliphatic rings. The Morgan fingerprint density at radius 3 is 2.75 bits per heavy atom. The highest BCUT2D eigenvalue weighted by atomic mass is 16.3. The van der Waals surface area contributed by atoms with E-state index in [4.69, 9.17) is 5.73 Å². The number of nitrogens with one attached hydrogen (secondary N) is 2. The van der Waals surface area contributed by atoms with Gasteiger partial charge in [0.2, 0.25) is 0 Å². The van der Waals surface area contributed by atoms with Gasteiger partial charge in [-0.25, -0.2) is 4.98 Å². The molecule has 5 heteroatoms. The van der Waals surface area contributed by atoms with Gasteiger partial charge in [-0.15, -0.1) is 0 Å². The molecule has 0 aliphatic heterocycles. The maximum Gasteiger partial charge on any atom is 0.139 e. The Morgan fingerprint density at radius 1 is 1.33 bits per heavy atom. The number of pyridine rings is 1. The van der Waals surface area contributed by atoms with Crippen LogP contribution in [0.3, 0.4) is 0 Å². The van der Waals surface area contributed by atoms with Crippen molar-refractivity contribution in [3.05, 3.63) is 24.0 Å². The second-order valence-corrected chi connectivity index (χ2v) is 8.48. The minimum atomic E-state index is -0.389. The first kappa shape index (κ1) is 14.7. The molecule has 128 valence electrons. The lowest BCUT2D eigenvalue weighted by atomic mass is 9.52. The van der Waals surface area contributed by atoms with Crippen molar-refractivity contribution in [2.24, 2.45) is 23.5 Å². The van der Waals surface area contributed by atoms with Gasteiger partial charge in [-0.05, 0) is 62.8 Å². The van der Waals surface area contributed by atoms with Gasteiger partial charge < -0.3 is 21.1 Å². The van der Waals surface area contributed by atoms with Crippen LogP contribution >= 0.6 is 0 Å². The molecule has 4 saturated carbocycles. The number of aliphatic hydroxyl groups is 1. The highest BCUT2D eigenvalue weighted by Crippen LogP contribution is 2.56. The number of hydrogen-bond acceptors (Lipinski definition) is 4. The summed E-state index contributed by atoms with van der Waals surface area (Å²) in [4.78, 5) is 7.70. The van der Waals surface area contributed by atoms with Crippen LogP contribution in [0.1, 0.15) is 50.6 Å². The number of nitrogens with two attached hydrogens (primary N) is 1. The number of anilines is 1. The second-order valence-electron chi connectivity index (χ2n) is 8.48. The molecular weight excluding hydrogens is 300 g/mol. The van der Waals surface area contributed by atoms with Gasteiger partial charge in [-0.3, -0.25) is 0 Å². The van der Waals surface area contributed by atoms with Crippen molar-refractivity contribution in [3.63, 3.8) is 0 Å². The predicted molar refractivity (Wildman–Crippen MR) is 94.6 cm³/mol. The molecule has 4 fully saturated rings. The van der Waals surface area contributed by atoms with Crippen molar-refractivity contribution >= 4 is 16.7 Å². The van der Waals surface area contributed by atoms with Crippen molar-refractivity contribution in [3.8, 4) is 0 Å². The molecule has 0 amide bonds. The summed E-state index contributed by atoms with van der Waals surface area (Å²) >= 11 is 0. The summed E-state index contributed by atoms with van der Waals surface area (Å²) in [7, 11) is 0. The molecule has 2 heterocycles. The van der Waals surface area contributed by atoms with Crippen LogP contribution in [-0.2, 0) is 0 Å². The third-order valence-electron chi connectivity index (χ3n) is 6.66. The Balaban J connectivity index is 1.53. The maximum absolute atomic E-state index is 10.8. The van der Waals surface area contributed by atoms with Gasteiger partial charge in [0.05, 0.1) is 11.3 Å². The van der Waals surface area contributed by atoms with Gasteiger partial charge in [-0.1, -0.05) is 0 Å². The van der Waals surface area contributed by atoms with Crippen LogP contribution in [0.5, 0.6) is 0 Å². The molecule has 5 N–H and O–H groups in total. The normalized spacial score (nSPS) is 38.6. The zero-order chi connectivity index (χ0) is 16.5. The fourth-order valence-corrected chi connectivity index (χ4v) is 5.91. The lowest BCUT2D eigenvalue weighted by Crippen LogP contribution is -2.59. The molecule has 2 aromatic heterocycles. The first-order chi connectivity index (χ1) is 11.5. The summed E-state index contributed by atoms with van der Waals surface area (Å²) in [5.74, 6) is 1.87. The molecule has 6 rings (SSSR count). The minimum Gasteiger partial charge on any atom is -0.390 e. The Labute approximate surface area is 142 Å². The summed E-state index contributed by atoms with van der Waals surface area (Å²) in [5, 5.41) is 15.8. The number of aromatic amines is 1. The first-order valence-corrected chi connectivity index (χ1v) is 9.23. The van der Waals surface area contributed by atoms with Crippen LogP contribution in [0.15, 0.2) is 18.5 Å². The molecule has 2 aromatic rings. The van der Waals surface area contributed by atoms with E-state index in [9.17, 15) is 5.11 Å². The standard InChI is InChI=1S/C19H26N4O/c1-10(20)15-9-22-18-14(2-3-21-18)17(15)23-16-12-4-11-5-13(16)8-19(24,6-11)7-12/h2-3,9-13,16,24H,4-8,20H2,1H3,(H2,21,22,23). The van der Waals surface area contributed by atoms with Crippen molar-refractivity contribution in [1.82, 2.24) is 9.97 Å². The van der Waals surface area contributed by atoms with Crippen LogP contribution in [0.4, 0.5) is 5.69 Å². The average Bonchev–Trinajstić information content (AvgIpc) is 2.97. The minimum absolute atomic E-state index is 0.0553. The maximum atomic E-state index is 10.8. The fourth-order valence-electron chi connectivity index (χ4n) is 5.91. The van der Waals surface area contributed by atoms with Crippen LogP contribution in [0, 0.1) is 17.8 Å². The number of hydrogen-bond donors (Lipinski definition) is 4. The van der Waals surface area contributed by atoms with Crippen LogP contribution < -0.4 is 11.1 Å². The molecule has 0 radical (unpaired) electrons. The van der Waals surface area contributed by atoms with E-state index in [2.05, 4.69) is 21.4 Å². The topological polar surface area (TPSA) is 87.0 Å². The van der Waals surface area contributed by atoms with Crippen molar-refractivity contribution in [2.45, 2.75) is 56.7 Å². The van der Waals surface area contributed by atoms with Crippen LogP contribution in [0.25, 0.3) is 11.0 Å². The molecule has 4 bridgehead atoms. The molecular formula is C19H26N4O. The quantitative estimate of drug-likeness (QED) is 0.698. The van der Waals surface area contributed by atoms with E-state index < -0.39 is 0 Å². The Bertz CT molecular complexity index is 767. The summed E-state index contributed by atoms with van der Waals surface area (Å²) in [6.45, 7) is 2.01. The number of fused-ring (bicyclic) bond motifs is 1. The monoisotopic (exact) mass is 326 g/mol. The van der Waals surface area contributed by atoms with E-state index in [1.54, 1.807) is 0 Å². The lowest BCUT2D eigenvalue weighted by Gasteiger charge is -2.58. The largest absolute Gasteiger partial charge is 0.390 e. The van der Waals surface area contributed by atoms with E-state index in [1.807, 2.05) is 19.3 Å². The van der Waals surface area contributed by atoms with E-state index in [1.165, 1.54) is 12.8 Å². The molecule has 5 nitrogen and oxygen atoms in total. The fraction of sp³-hybridized carbons (Fsp3) is 0.632. The molecule has 0 spiro atoms. The Morgan fingerprint density at radius 2 is 2.08 bits per heavy atom. The summed E-state index contributed by atoms with van der Waals surface area (Å²) in [5.41, 5.74) is 8.95. The van der Waals surface area contributed by atoms with E-state index in [0.29, 0.717) is 17.9 Å². The van der Waals surface area contributed by atoms with Gasteiger partial charge in [0.25, 0.3) is 0 Å². The first-order valence-electron chi connectivity index (χ1n) is 9.23. The van der Waals surface area contributed by atoms with Crippen molar-refractivity contribution in [1.29, 1.82) is 0 Å². The van der Waals surface area contributed by atoms with Gasteiger partial charge in [0.1, 0.15) is 5.65 Å². The average molecular weight is 326 g/mol. The number of nitrogens with zero attached hydrogens (tertiary/aromatic N) is 1. The van der Waals surface area contributed by atoms with Crippen LogP contribution in [-0.4, -0.2) is 26.7 Å². The van der Waals surface area contributed by atoms with Gasteiger partial charge in [0, 0.05) is 35.4 Å². The highest BCUT2D eigenvalue weighted by Gasteiger charge is 2.54. The third-order valence-corrected chi connectivity index (χ3v) is 6.66. The number of H-pyrrole nitrogens is 1. The molecule has 3 unspecified atom stereocenters. The molecule has 4 aliphatic carbocycles. The second kappa shape index (κ2) is 4.96. The zero-order valence-corrected chi connectivity index (χ0v) is 14.1. The summed E-state index contributed by atoms with van der Waals surface area (Å²) < 4.78 is 0. The number of rotatable bonds is 3. The number of aromatic nitrogens is 2. The smallest absolute Gasteiger partial charge is 0.139 e. The lowest BCUT2D eigenvalue weighted by molar-refractivity contribution is -0.129. The molecule has 0 saturated heterocycles. The Hall–Kier alpha value is -1.59.